The first-order chi connectivity index (χ1) is 7.83. The second-order valence-electron chi connectivity index (χ2n) is 3.98. The first-order valence-corrected chi connectivity index (χ1v) is 5.58. The number of piperazine rings is 1. The molecule has 17 heavy (non-hydrogen) atoms. The van der Waals surface area contributed by atoms with Crippen molar-refractivity contribution in [2.24, 2.45) is 0 Å². The average molecular weight is 263 g/mol. The molecule has 1 atom stereocenters. The van der Waals surface area contributed by atoms with Crippen molar-refractivity contribution in [1.82, 2.24) is 10.2 Å². The van der Waals surface area contributed by atoms with E-state index in [0.29, 0.717) is 5.56 Å². The Hall–Kier alpha value is -0.710. The van der Waals surface area contributed by atoms with Crippen molar-refractivity contribution in [1.29, 1.82) is 0 Å². The van der Waals surface area contributed by atoms with Crippen LogP contribution in [0.25, 0.3) is 0 Å². The fraction of sp³-hybridized carbons (Fsp3) is 0.500. The Bertz CT molecular complexity index is 343. The number of rotatable bonds is 3. The van der Waals surface area contributed by atoms with E-state index in [1.807, 2.05) is 4.90 Å². The molecule has 1 fully saturated rings. The zero-order valence-electron chi connectivity index (χ0n) is 9.53. The third kappa shape index (κ3) is 3.37. The summed E-state index contributed by atoms with van der Waals surface area (Å²) in [4.78, 5) is 1.99. The number of alkyl halides is 1. The molecule has 2 nitrogen and oxygen atoms in total. The van der Waals surface area contributed by atoms with Crippen LogP contribution in [0.2, 0.25) is 0 Å². The Labute approximate surface area is 106 Å². The van der Waals surface area contributed by atoms with Gasteiger partial charge in [0.25, 0.3) is 0 Å². The molecule has 2 rings (SSSR count). The molecule has 0 aliphatic carbocycles. The van der Waals surface area contributed by atoms with Crippen LogP contribution in [0.5, 0.6) is 0 Å². The molecule has 1 N–H and O–H groups in total. The van der Waals surface area contributed by atoms with Crippen LogP contribution in [0, 0.1) is 5.82 Å². The van der Waals surface area contributed by atoms with Crippen LogP contribution in [0.3, 0.4) is 0 Å². The van der Waals surface area contributed by atoms with E-state index < -0.39 is 12.7 Å². The van der Waals surface area contributed by atoms with Crippen LogP contribution in [0.1, 0.15) is 11.6 Å². The smallest absolute Gasteiger partial charge is 0.128 e. The van der Waals surface area contributed by atoms with E-state index >= 15 is 0 Å². The van der Waals surface area contributed by atoms with Crippen molar-refractivity contribution in [3.05, 3.63) is 35.6 Å². The number of hydrogen-bond donors (Lipinski definition) is 1. The third-order valence-corrected chi connectivity index (χ3v) is 3.00. The Morgan fingerprint density at radius 3 is 2.47 bits per heavy atom. The summed E-state index contributed by atoms with van der Waals surface area (Å²) in [5.74, 6) is -0.316. The Kier molecular flexibility index (Phi) is 5.82. The molecule has 0 saturated carbocycles. The maximum Gasteiger partial charge on any atom is 0.128 e. The minimum absolute atomic E-state index is 0. The molecule has 96 valence electrons. The largest absolute Gasteiger partial charge is 0.314 e. The maximum atomic E-state index is 13.6. The molecule has 1 heterocycles. The van der Waals surface area contributed by atoms with Crippen molar-refractivity contribution in [3.63, 3.8) is 0 Å². The molecule has 1 aliphatic heterocycles. The summed E-state index contributed by atoms with van der Waals surface area (Å²) in [6.45, 7) is 2.67. The monoisotopic (exact) mass is 262 g/mol. The van der Waals surface area contributed by atoms with Crippen molar-refractivity contribution in [2.75, 3.05) is 32.9 Å². The quantitative estimate of drug-likeness (QED) is 0.898. The van der Waals surface area contributed by atoms with E-state index in [1.165, 1.54) is 6.07 Å². The highest BCUT2D eigenvalue weighted by Crippen LogP contribution is 2.23. The van der Waals surface area contributed by atoms with Crippen LogP contribution in [0.4, 0.5) is 8.78 Å². The van der Waals surface area contributed by atoms with Crippen LogP contribution >= 0.6 is 12.4 Å². The van der Waals surface area contributed by atoms with Gasteiger partial charge >= 0.3 is 0 Å². The minimum Gasteiger partial charge on any atom is -0.314 e. The lowest BCUT2D eigenvalue weighted by atomic mass is 10.1. The summed E-state index contributed by atoms with van der Waals surface area (Å²) >= 11 is 0. The lowest BCUT2D eigenvalue weighted by Gasteiger charge is -2.33. The lowest BCUT2D eigenvalue weighted by molar-refractivity contribution is 0.144. The summed E-state index contributed by atoms with van der Waals surface area (Å²) in [5.41, 5.74) is 0.465. The summed E-state index contributed by atoms with van der Waals surface area (Å²) in [6.07, 6.45) is 0. The average Bonchev–Trinajstić information content (AvgIpc) is 2.34. The van der Waals surface area contributed by atoms with Gasteiger partial charge in [-0.3, -0.25) is 4.90 Å². The zero-order valence-corrected chi connectivity index (χ0v) is 10.4. The van der Waals surface area contributed by atoms with Gasteiger partial charge in [0.1, 0.15) is 12.5 Å². The van der Waals surface area contributed by atoms with Gasteiger partial charge in [-0.2, -0.15) is 0 Å². The first kappa shape index (κ1) is 14.4. The first-order valence-electron chi connectivity index (χ1n) is 5.58. The standard InChI is InChI=1S/C12H16F2N2.ClH/c13-9-12(16-7-5-15-6-8-16)10-3-1-2-4-11(10)14;/h1-4,12,15H,5-9H2;1H/t12-;/m0./s1. The summed E-state index contributed by atoms with van der Waals surface area (Å²) in [7, 11) is 0. The highest BCUT2D eigenvalue weighted by atomic mass is 35.5. The number of benzene rings is 1. The predicted octanol–water partition coefficient (Wildman–Crippen LogP) is 2.16. The van der Waals surface area contributed by atoms with Gasteiger partial charge in [-0.1, -0.05) is 18.2 Å². The van der Waals surface area contributed by atoms with Gasteiger partial charge in [-0.15, -0.1) is 12.4 Å². The van der Waals surface area contributed by atoms with Gasteiger partial charge in [-0.25, -0.2) is 8.78 Å². The van der Waals surface area contributed by atoms with E-state index in [2.05, 4.69) is 5.32 Å². The Morgan fingerprint density at radius 1 is 1.24 bits per heavy atom. The molecule has 0 bridgehead atoms. The molecule has 1 aromatic rings. The van der Waals surface area contributed by atoms with Gasteiger partial charge in [0.2, 0.25) is 0 Å². The fourth-order valence-electron chi connectivity index (χ4n) is 2.12. The lowest BCUT2D eigenvalue weighted by Crippen LogP contribution is -2.45. The van der Waals surface area contributed by atoms with Crippen LogP contribution in [-0.2, 0) is 0 Å². The van der Waals surface area contributed by atoms with Crippen molar-refractivity contribution in [3.8, 4) is 0 Å². The molecule has 0 aromatic heterocycles. The maximum absolute atomic E-state index is 13.6. The molecular formula is C12H17ClF2N2. The van der Waals surface area contributed by atoms with Crippen LogP contribution < -0.4 is 5.32 Å². The SMILES string of the molecule is Cl.FC[C@@H](c1ccccc1F)N1CCNCC1. The second-order valence-corrected chi connectivity index (χ2v) is 3.98. The minimum atomic E-state index is -0.541. The molecule has 0 unspecified atom stereocenters. The number of nitrogens with one attached hydrogen (secondary N) is 1. The summed E-state index contributed by atoms with van der Waals surface area (Å²) < 4.78 is 26.7. The second kappa shape index (κ2) is 6.89. The molecule has 1 aromatic carbocycles. The Morgan fingerprint density at radius 2 is 1.88 bits per heavy atom. The van der Waals surface area contributed by atoms with Gasteiger partial charge < -0.3 is 5.32 Å². The van der Waals surface area contributed by atoms with Crippen molar-refractivity contribution < 1.29 is 8.78 Å². The molecular weight excluding hydrogens is 246 g/mol. The molecule has 5 heteroatoms. The van der Waals surface area contributed by atoms with Gasteiger partial charge in [0, 0.05) is 31.7 Å². The molecule has 0 spiro atoms. The number of nitrogens with zero attached hydrogens (tertiary/aromatic N) is 1. The molecule has 1 saturated heterocycles. The van der Waals surface area contributed by atoms with Gasteiger partial charge in [-0.05, 0) is 6.07 Å². The molecule has 0 amide bonds. The summed E-state index contributed by atoms with van der Waals surface area (Å²) in [6, 6.07) is 6.00. The molecule has 1 aliphatic rings. The van der Waals surface area contributed by atoms with Crippen LogP contribution in [0.15, 0.2) is 24.3 Å². The van der Waals surface area contributed by atoms with Crippen LogP contribution in [-0.4, -0.2) is 37.8 Å². The van der Waals surface area contributed by atoms with Crippen molar-refractivity contribution in [2.45, 2.75) is 6.04 Å². The van der Waals surface area contributed by atoms with Crippen molar-refractivity contribution >= 4 is 12.4 Å². The highest BCUT2D eigenvalue weighted by molar-refractivity contribution is 5.85. The third-order valence-electron chi connectivity index (χ3n) is 3.00. The van der Waals surface area contributed by atoms with E-state index in [-0.39, 0.29) is 18.2 Å². The Balaban J connectivity index is 0.00000144. The van der Waals surface area contributed by atoms with Gasteiger partial charge in [0.05, 0.1) is 6.04 Å². The topological polar surface area (TPSA) is 15.3 Å². The normalized spacial score (nSPS) is 18.5. The zero-order chi connectivity index (χ0) is 11.4. The molecule has 0 radical (unpaired) electrons. The van der Waals surface area contributed by atoms with E-state index in [0.717, 1.165) is 26.2 Å². The number of hydrogen-bond acceptors (Lipinski definition) is 2. The highest BCUT2D eigenvalue weighted by Gasteiger charge is 2.23. The van der Waals surface area contributed by atoms with E-state index in [4.69, 9.17) is 0 Å². The van der Waals surface area contributed by atoms with Gasteiger partial charge in [0.15, 0.2) is 0 Å². The van der Waals surface area contributed by atoms with E-state index in [9.17, 15) is 8.78 Å². The summed E-state index contributed by atoms with van der Waals surface area (Å²) in [5, 5.41) is 3.20. The predicted molar refractivity (Wildman–Crippen MR) is 66.8 cm³/mol. The fourth-order valence-corrected chi connectivity index (χ4v) is 2.12. The van der Waals surface area contributed by atoms with E-state index in [1.54, 1.807) is 18.2 Å². The number of halogens is 3.